The molecule has 126 valence electrons. The van der Waals surface area contributed by atoms with Crippen LogP contribution in [0.1, 0.15) is 35.7 Å². The highest BCUT2D eigenvalue weighted by Crippen LogP contribution is 2.23. The summed E-state index contributed by atoms with van der Waals surface area (Å²) in [7, 11) is -3.67. The van der Waals surface area contributed by atoms with Crippen LogP contribution in [0, 0.1) is 6.92 Å². The van der Waals surface area contributed by atoms with Crippen LogP contribution in [0.15, 0.2) is 23.1 Å². The summed E-state index contributed by atoms with van der Waals surface area (Å²) < 4.78 is 26.5. The third-order valence-electron chi connectivity index (χ3n) is 3.88. The first-order chi connectivity index (χ1) is 10.8. The van der Waals surface area contributed by atoms with Crippen molar-refractivity contribution in [2.24, 2.45) is 0 Å². The van der Waals surface area contributed by atoms with Gasteiger partial charge in [-0.2, -0.15) is 0 Å². The molecule has 0 aliphatic carbocycles. The fourth-order valence-corrected chi connectivity index (χ4v) is 3.76. The lowest BCUT2D eigenvalue weighted by Gasteiger charge is -2.22. The Morgan fingerprint density at radius 3 is 2.70 bits per heavy atom. The summed E-state index contributed by atoms with van der Waals surface area (Å²) in [5, 5.41) is 9.20. The van der Waals surface area contributed by atoms with Gasteiger partial charge in [0.2, 0.25) is 10.0 Å². The summed E-state index contributed by atoms with van der Waals surface area (Å²) in [5.41, 5.74) is 0.832. The van der Waals surface area contributed by atoms with Gasteiger partial charge in [0.1, 0.15) is 6.04 Å². The number of hydrogen-bond acceptors (Lipinski definition) is 4. The van der Waals surface area contributed by atoms with E-state index in [0.717, 1.165) is 0 Å². The second kappa shape index (κ2) is 6.67. The molecule has 2 rings (SSSR count). The van der Waals surface area contributed by atoms with Crippen LogP contribution in [0.4, 0.5) is 0 Å². The van der Waals surface area contributed by atoms with Crippen LogP contribution in [-0.2, 0) is 14.8 Å². The van der Waals surface area contributed by atoms with Crippen molar-refractivity contribution in [2.45, 2.75) is 37.6 Å². The molecule has 0 aromatic heterocycles. The highest BCUT2D eigenvalue weighted by molar-refractivity contribution is 7.89. The number of amides is 1. The Morgan fingerprint density at radius 2 is 2.09 bits per heavy atom. The molecule has 1 aliphatic heterocycles. The van der Waals surface area contributed by atoms with E-state index in [1.165, 1.54) is 17.0 Å². The molecule has 1 atom stereocenters. The molecule has 0 unspecified atom stereocenters. The van der Waals surface area contributed by atoms with Gasteiger partial charge in [0.25, 0.3) is 5.91 Å². The van der Waals surface area contributed by atoms with Crippen molar-refractivity contribution < 1.29 is 23.1 Å². The fourth-order valence-electron chi connectivity index (χ4n) is 2.69. The zero-order valence-electron chi connectivity index (χ0n) is 13.1. The quantitative estimate of drug-likeness (QED) is 0.831. The first kappa shape index (κ1) is 17.4. The maximum absolute atomic E-state index is 12.7. The number of sulfonamides is 1. The zero-order valence-corrected chi connectivity index (χ0v) is 13.9. The monoisotopic (exact) mass is 340 g/mol. The van der Waals surface area contributed by atoms with E-state index in [1.54, 1.807) is 19.9 Å². The molecule has 1 heterocycles. The minimum atomic E-state index is -3.67. The molecule has 1 aromatic rings. The molecule has 7 nitrogen and oxygen atoms in total. The number of rotatable bonds is 5. The van der Waals surface area contributed by atoms with E-state index in [4.69, 9.17) is 0 Å². The summed E-state index contributed by atoms with van der Waals surface area (Å²) in [4.78, 5) is 25.2. The minimum Gasteiger partial charge on any atom is -0.480 e. The van der Waals surface area contributed by atoms with Crippen molar-refractivity contribution in [3.63, 3.8) is 0 Å². The number of nitrogens with zero attached hydrogens (tertiary/aromatic N) is 1. The first-order valence-corrected chi connectivity index (χ1v) is 8.90. The SMILES string of the molecule is CCNS(=O)(=O)c1ccc(C)c(C(=O)N2CCC[C@@H]2C(=O)O)c1. The molecule has 1 saturated heterocycles. The Hall–Kier alpha value is -1.93. The van der Waals surface area contributed by atoms with Gasteiger partial charge in [0.05, 0.1) is 4.90 Å². The second-order valence-corrected chi connectivity index (χ2v) is 7.24. The molecule has 0 spiro atoms. The van der Waals surface area contributed by atoms with E-state index in [9.17, 15) is 23.1 Å². The predicted molar refractivity (Wildman–Crippen MR) is 83.7 cm³/mol. The largest absolute Gasteiger partial charge is 0.480 e. The standard InChI is InChI=1S/C15H20N2O5S/c1-3-16-23(21,22)11-7-6-10(2)12(9-11)14(18)17-8-4-5-13(17)15(19)20/h6-7,9,13,16H,3-5,8H2,1-2H3,(H,19,20)/t13-/m1/s1. The van der Waals surface area contributed by atoms with Crippen molar-refractivity contribution in [2.75, 3.05) is 13.1 Å². The van der Waals surface area contributed by atoms with E-state index in [2.05, 4.69) is 4.72 Å². The summed E-state index contributed by atoms with van der Waals surface area (Å²) in [6.45, 7) is 3.97. The predicted octanol–water partition coefficient (Wildman–Crippen LogP) is 0.982. The highest BCUT2D eigenvalue weighted by Gasteiger charge is 2.35. The third kappa shape index (κ3) is 3.53. The van der Waals surface area contributed by atoms with Gasteiger partial charge in [0.15, 0.2) is 0 Å². The molecule has 23 heavy (non-hydrogen) atoms. The van der Waals surface area contributed by atoms with Gasteiger partial charge in [-0.05, 0) is 37.5 Å². The number of aliphatic carboxylic acids is 1. The number of carboxylic acid groups (broad SMARTS) is 1. The third-order valence-corrected chi connectivity index (χ3v) is 5.43. The van der Waals surface area contributed by atoms with Gasteiger partial charge >= 0.3 is 5.97 Å². The second-order valence-electron chi connectivity index (χ2n) is 5.47. The average molecular weight is 340 g/mol. The molecule has 0 bridgehead atoms. The van der Waals surface area contributed by atoms with Gasteiger partial charge in [0, 0.05) is 18.7 Å². The van der Waals surface area contributed by atoms with Gasteiger partial charge in [-0.25, -0.2) is 17.9 Å². The van der Waals surface area contributed by atoms with Crippen LogP contribution < -0.4 is 4.72 Å². The van der Waals surface area contributed by atoms with Crippen LogP contribution in [0.3, 0.4) is 0 Å². The Kier molecular flexibility index (Phi) is 5.06. The van der Waals surface area contributed by atoms with Crippen LogP contribution in [0.25, 0.3) is 0 Å². The van der Waals surface area contributed by atoms with Crippen LogP contribution in [-0.4, -0.2) is 49.4 Å². The maximum Gasteiger partial charge on any atom is 0.326 e. The van der Waals surface area contributed by atoms with Gasteiger partial charge < -0.3 is 10.0 Å². The molecule has 1 aromatic carbocycles. The van der Waals surface area contributed by atoms with E-state index in [-0.39, 0.29) is 17.0 Å². The summed E-state index contributed by atoms with van der Waals surface area (Å²) in [6.07, 6.45) is 1.03. The summed E-state index contributed by atoms with van der Waals surface area (Å²) in [6, 6.07) is 3.45. The van der Waals surface area contributed by atoms with Crippen LogP contribution in [0.5, 0.6) is 0 Å². The number of carbonyl (C=O) groups is 2. The lowest BCUT2D eigenvalue weighted by Crippen LogP contribution is -2.40. The number of carboxylic acids is 1. The van der Waals surface area contributed by atoms with Crippen molar-refractivity contribution in [3.8, 4) is 0 Å². The molecule has 1 fully saturated rings. The smallest absolute Gasteiger partial charge is 0.326 e. The van der Waals surface area contributed by atoms with Gasteiger partial charge in [-0.3, -0.25) is 4.79 Å². The lowest BCUT2D eigenvalue weighted by molar-refractivity contribution is -0.141. The minimum absolute atomic E-state index is 0.000582. The van der Waals surface area contributed by atoms with E-state index >= 15 is 0 Å². The Bertz CT molecular complexity index is 729. The summed E-state index contributed by atoms with van der Waals surface area (Å²) in [5.74, 6) is -1.48. The lowest BCUT2D eigenvalue weighted by atomic mass is 10.1. The van der Waals surface area contributed by atoms with Gasteiger partial charge in [-0.15, -0.1) is 0 Å². The number of likely N-dealkylation sites (tertiary alicyclic amines) is 1. The molecule has 0 saturated carbocycles. The highest BCUT2D eigenvalue weighted by atomic mass is 32.2. The maximum atomic E-state index is 12.7. The van der Waals surface area contributed by atoms with Crippen molar-refractivity contribution in [3.05, 3.63) is 29.3 Å². The average Bonchev–Trinajstić information content (AvgIpc) is 2.96. The Labute approximate surface area is 135 Å². The van der Waals surface area contributed by atoms with Crippen molar-refractivity contribution >= 4 is 21.9 Å². The number of hydrogen-bond donors (Lipinski definition) is 2. The Balaban J connectivity index is 2.39. The normalized spacial score (nSPS) is 18.2. The molecule has 8 heteroatoms. The zero-order chi connectivity index (χ0) is 17.2. The van der Waals surface area contributed by atoms with Crippen LogP contribution >= 0.6 is 0 Å². The summed E-state index contributed by atoms with van der Waals surface area (Å²) >= 11 is 0. The van der Waals surface area contributed by atoms with E-state index in [1.807, 2.05) is 0 Å². The van der Waals surface area contributed by atoms with Gasteiger partial charge in [-0.1, -0.05) is 13.0 Å². The van der Waals surface area contributed by atoms with Crippen molar-refractivity contribution in [1.29, 1.82) is 0 Å². The fraction of sp³-hybridized carbons (Fsp3) is 0.467. The first-order valence-electron chi connectivity index (χ1n) is 7.42. The molecule has 2 N–H and O–H groups in total. The number of aryl methyl sites for hydroxylation is 1. The molecular weight excluding hydrogens is 320 g/mol. The van der Waals surface area contributed by atoms with Crippen molar-refractivity contribution in [1.82, 2.24) is 9.62 Å². The Morgan fingerprint density at radius 1 is 1.39 bits per heavy atom. The van der Waals surface area contributed by atoms with E-state index in [0.29, 0.717) is 24.9 Å². The number of carbonyl (C=O) groups excluding carboxylic acids is 1. The molecule has 0 radical (unpaired) electrons. The molecule has 1 amide bonds. The number of nitrogens with one attached hydrogen (secondary N) is 1. The molecular formula is C15H20N2O5S. The van der Waals surface area contributed by atoms with Crippen LogP contribution in [0.2, 0.25) is 0 Å². The van der Waals surface area contributed by atoms with E-state index < -0.39 is 27.9 Å². The topological polar surface area (TPSA) is 104 Å². The number of benzene rings is 1. The molecule has 1 aliphatic rings.